The number of carbonyl (C=O) groups is 1. The summed E-state index contributed by atoms with van der Waals surface area (Å²) in [6, 6.07) is 4.06. The van der Waals surface area contributed by atoms with Gasteiger partial charge >= 0.3 is 6.03 Å². The van der Waals surface area contributed by atoms with Gasteiger partial charge < -0.3 is 10.2 Å². The van der Waals surface area contributed by atoms with Crippen LogP contribution in [0.1, 0.15) is 24.0 Å². The Morgan fingerprint density at radius 3 is 2.29 bits per heavy atom. The lowest BCUT2D eigenvalue weighted by Crippen LogP contribution is -2.32. The third-order valence-corrected chi connectivity index (χ3v) is 3.58. The molecule has 92 valence electrons. The topological polar surface area (TPSA) is 32.3 Å². The third kappa shape index (κ3) is 2.80. The number of amides is 2. The summed E-state index contributed by atoms with van der Waals surface area (Å²) in [6.07, 6.45) is 2.23. The van der Waals surface area contributed by atoms with E-state index in [4.69, 9.17) is 0 Å². The number of anilines is 1. The number of benzene rings is 1. The molecule has 1 heterocycles. The second kappa shape index (κ2) is 5.08. The Morgan fingerprint density at radius 2 is 1.76 bits per heavy atom. The van der Waals surface area contributed by atoms with Gasteiger partial charge in [0.05, 0.1) is 0 Å². The normalized spacial score (nSPS) is 15.1. The highest BCUT2D eigenvalue weighted by atomic mass is 79.9. The highest BCUT2D eigenvalue weighted by Gasteiger charge is 2.18. The lowest BCUT2D eigenvalue weighted by atomic mass is 10.1. The van der Waals surface area contributed by atoms with E-state index in [1.54, 1.807) is 0 Å². The Morgan fingerprint density at radius 1 is 1.24 bits per heavy atom. The summed E-state index contributed by atoms with van der Waals surface area (Å²) in [5.41, 5.74) is 3.11. The minimum Gasteiger partial charge on any atom is -0.325 e. The highest BCUT2D eigenvalue weighted by Crippen LogP contribution is 2.25. The van der Waals surface area contributed by atoms with Crippen LogP contribution in [0, 0.1) is 13.8 Å². The quantitative estimate of drug-likeness (QED) is 0.842. The maximum Gasteiger partial charge on any atom is 0.321 e. The van der Waals surface area contributed by atoms with Crippen LogP contribution in [0.25, 0.3) is 0 Å². The summed E-state index contributed by atoms with van der Waals surface area (Å²) >= 11 is 3.46. The standard InChI is InChI=1S/C13H17BrN2O/c1-9-7-11(14)8-10(2)12(9)15-13(17)16-5-3-4-6-16/h7-8H,3-6H2,1-2H3,(H,15,17). The van der Waals surface area contributed by atoms with E-state index in [0.717, 1.165) is 47.2 Å². The van der Waals surface area contributed by atoms with Crippen molar-refractivity contribution in [2.45, 2.75) is 26.7 Å². The van der Waals surface area contributed by atoms with Crippen molar-refractivity contribution in [3.63, 3.8) is 0 Å². The summed E-state index contributed by atoms with van der Waals surface area (Å²) in [5.74, 6) is 0. The molecule has 0 unspecified atom stereocenters. The lowest BCUT2D eigenvalue weighted by Gasteiger charge is -2.18. The molecule has 1 aliphatic heterocycles. The second-order valence-electron chi connectivity index (χ2n) is 4.54. The average molecular weight is 297 g/mol. The molecular formula is C13H17BrN2O. The molecular weight excluding hydrogens is 280 g/mol. The van der Waals surface area contributed by atoms with E-state index in [1.807, 2.05) is 30.9 Å². The second-order valence-corrected chi connectivity index (χ2v) is 5.45. The van der Waals surface area contributed by atoms with Gasteiger partial charge in [0, 0.05) is 23.2 Å². The molecule has 1 fully saturated rings. The summed E-state index contributed by atoms with van der Waals surface area (Å²) in [6.45, 7) is 5.77. The molecule has 1 aromatic rings. The van der Waals surface area contributed by atoms with Crippen LogP contribution in [-0.2, 0) is 0 Å². The fraction of sp³-hybridized carbons (Fsp3) is 0.462. The van der Waals surface area contributed by atoms with Crippen molar-refractivity contribution < 1.29 is 4.79 Å². The molecule has 0 atom stereocenters. The van der Waals surface area contributed by atoms with Crippen LogP contribution in [0.3, 0.4) is 0 Å². The Bertz CT molecular complexity index is 416. The molecule has 17 heavy (non-hydrogen) atoms. The minimum absolute atomic E-state index is 0.0241. The van der Waals surface area contributed by atoms with E-state index in [-0.39, 0.29) is 6.03 Å². The van der Waals surface area contributed by atoms with Crippen molar-refractivity contribution in [1.82, 2.24) is 4.90 Å². The molecule has 0 spiro atoms. The van der Waals surface area contributed by atoms with Gasteiger partial charge in [0.15, 0.2) is 0 Å². The number of urea groups is 1. The van der Waals surface area contributed by atoms with Gasteiger partial charge in [0.25, 0.3) is 0 Å². The maximum absolute atomic E-state index is 12.0. The largest absolute Gasteiger partial charge is 0.325 e. The SMILES string of the molecule is Cc1cc(Br)cc(C)c1NC(=O)N1CCCC1. The molecule has 4 heteroatoms. The van der Waals surface area contributed by atoms with Crippen LogP contribution in [0.15, 0.2) is 16.6 Å². The number of hydrogen-bond donors (Lipinski definition) is 1. The number of likely N-dealkylation sites (tertiary alicyclic amines) is 1. The summed E-state index contributed by atoms with van der Waals surface area (Å²) in [7, 11) is 0. The van der Waals surface area contributed by atoms with Crippen molar-refractivity contribution >= 4 is 27.6 Å². The molecule has 2 rings (SSSR count). The van der Waals surface area contributed by atoms with Crippen LogP contribution < -0.4 is 5.32 Å². The smallest absolute Gasteiger partial charge is 0.321 e. The summed E-state index contributed by atoms with van der Waals surface area (Å²) in [4.78, 5) is 13.9. The van der Waals surface area contributed by atoms with Gasteiger partial charge in [-0.15, -0.1) is 0 Å². The predicted molar refractivity (Wildman–Crippen MR) is 73.4 cm³/mol. The maximum atomic E-state index is 12.0. The number of halogens is 1. The van der Waals surface area contributed by atoms with Crippen molar-refractivity contribution in [3.05, 3.63) is 27.7 Å². The Kier molecular flexibility index (Phi) is 3.72. The number of hydrogen-bond acceptors (Lipinski definition) is 1. The van der Waals surface area contributed by atoms with E-state index in [1.165, 1.54) is 0 Å². The summed E-state index contributed by atoms with van der Waals surface area (Å²) in [5, 5.41) is 3.01. The van der Waals surface area contributed by atoms with Crippen molar-refractivity contribution in [3.8, 4) is 0 Å². The van der Waals surface area contributed by atoms with Gasteiger partial charge in [-0.05, 0) is 49.9 Å². The molecule has 0 radical (unpaired) electrons. The van der Waals surface area contributed by atoms with Gasteiger partial charge in [-0.2, -0.15) is 0 Å². The Balaban J connectivity index is 2.15. The fourth-order valence-corrected chi connectivity index (χ4v) is 2.90. The first-order valence-electron chi connectivity index (χ1n) is 5.90. The van der Waals surface area contributed by atoms with E-state index < -0.39 is 0 Å². The molecule has 1 N–H and O–H groups in total. The van der Waals surface area contributed by atoms with Gasteiger partial charge in [0.1, 0.15) is 0 Å². The molecule has 2 amide bonds. The van der Waals surface area contributed by atoms with Crippen molar-refractivity contribution in [1.29, 1.82) is 0 Å². The Labute approximate surface area is 110 Å². The van der Waals surface area contributed by atoms with E-state index >= 15 is 0 Å². The van der Waals surface area contributed by atoms with Gasteiger partial charge in [-0.25, -0.2) is 4.79 Å². The molecule has 1 aliphatic rings. The van der Waals surface area contributed by atoms with Crippen LogP contribution in [0.4, 0.5) is 10.5 Å². The molecule has 0 bridgehead atoms. The van der Waals surface area contributed by atoms with Gasteiger partial charge in [-0.3, -0.25) is 0 Å². The lowest BCUT2D eigenvalue weighted by molar-refractivity contribution is 0.222. The van der Waals surface area contributed by atoms with E-state index in [0.29, 0.717) is 0 Å². The third-order valence-electron chi connectivity index (χ3n) is 3.12. The van der Waals surface area contributed by atoms with E-state index in [2.05, 4.69) is 21.2 Å². The number of rotatable bonds is 1. The predicted octanol–water partition coefficient (Wildman–Crippen LogP) is 3.69. The Hall–Kier alpha value is -1.03. The number of carbonyl (C=O) groups excluding carboxylic acids is 1. The van der Waals surface area contributed by atoms with Gasteiger partial charge in [0.2, 0.25) is 0 Å². The first-order chi connectivity index (χ1) is 8.08. The summed E-state index contributed by atoms with van der Waals surface area (Å²) < 4.78 is 1.05. The zero-order valence-electron chi connectivity index (χ0n) is 10.2. The van der Waals surface area contributed by atoms with E-state index in [9.17, 15) is 4.79 Å². The zero-order valence-corrected chi connectivity index (χ0v) is 11.8. The van der Waals surface area contributed by atoms with Gasteiger partial charge in [-0.1, -0.05) is 15.9 Å². The average Bonchev–Trinajstić information content (AvgIpc) is 2.76. The minimum atomic E-state index is 0.0241. The number of nitrogens with zero attached hydrogens (tertiary/aromatic N) is 1. The van der Waals surface area contributed by atoms with Crippen LogP contribution in [0.5, 0.6) is 0 Å². The number of aryl methyl sites for hydroxylation is 2. The molecule has 3 nitrogen and oxygen atoms in total. The monoisotopic (exact) mass is 296 g/mol. The molecule has 1 saturated heterocycles. The van der Waals surface area contributed by atoms with Crippen LogP contribution >= 0.6 is 15.9 Å². The first kappa shape index (κ1) is 12.4. The van der Waals surface area contributed by atoms with Crippen LogP contribution in [0.2, 0.25) is 0 Å². The molecule has 0 saturated carbocycles. The van der Waals surface area contributed by atoms with Crippen molar-refractivity contribution in [2.75, 3.05) is 18.4 Å². The molecule has 1 aromatic carbocycles. The fourth-order valence-electron chi connectivity index (χ4n) is 2.21. The molecule has 0 aromatic heterocycles. The first-order valence-corrected chi connectivity index (χ1v) is 6.70. The molecule has 0 aliphatic carbocycles. The number of nitrogens with one attached hydrogen (secondary N) is 1. The van der Waals surface area contributed by atoms with Crippen molar-refractivity contribution in [2.24, 2.45) is 0 Å². The van der Waals surface area contributed by atoms with Crippen LogP contribution in [-0.4, -0.2) is 24.0 Å². The highest BCUT2D eigenvalue weighted by molar-refractivity contribution is 9.10. The zero-order chi connectivity index (χ0) is 12.4.